The third-order valence-corrected chi connectivity index (χ3v) is 4.36. The van der Waals surface area contributed by atoms with Crippen molar-refractivity contribution in [3.05, 3.63) is 95.6 Å². The van der Waals surface area contributed by atoms with Crippen LogP contribution in [-0.2, 0) is 4.79 Å². The zero-order valence-corrected chi connectivity index (χ0v) is 15.6. The molecule has 0 saturated heterocycles. The van der Waals surface area contributed by atoms with Crippen molar-refractivity contribution in [3.8, 4) is 5.75 Å². The number of hydrogen-bond acceptors (Lipinski definition) is 3. The number of nitrogens with one attached hydrogen (secondary N) is 2. The SMILES string of the molecule is COc1cccc(NC(=O)CN[C@@H](c2ccccc2)c2ccc(C)cc2)c1. The van der Waals surface area contributed by atoms with E-state index in [0.717, 1.165) is 11.1 Å². The van der Waals surface area contributed by atoms with Crippen LogP contribution in [0, 0.1) is 6.92 Å². The van der Waals surface area contributed by atoms with Crippen molar-refractivity contribution < 1.29 is 9.53 Å². The summed E-state index contributed by atoms with van der Waals surface area (Å²) in [4.78, 5) is 12.4. The number of amides is 1. The topological polar surface area (TPSA) is 50.4 Å². The summed E-state index contributed by atoms with van der Waals surface area (Å²) in [5.41, 5.74) is 4.17. The molecule has 0 bridgehead atoms. The number of methoxy groups -OCH3 is 1. The molecule has 3 rings (SSSR count). The molecule has 0 aliphatic carbocycles. The molecule has 0 fully saturated rings. The highest BCUT2D eigenvalue weighted by atomic mass is 16.5. The Morgan fingerprint density at radius 3 is 2.33 bits per heavy atom. The molecule has 138 valence electrons. The van der Waals surface area contributed by atoms with Gasteiger partial charge in [-0.25, -0.2) is 0 Å². The lowest BCUT2D eigenvalue weighted by Crippen LogP contribution is -2.31. The van der Waals surface area contributed by atoms with Crippen molar-refractivity contribution in [2.45, 2.75) is 13.0 Å². The van der Waals surface area contributed by atoms with Gasteiger partial charge in [0.2, 0.25) is 5.91 Å². The van der Waals surface area contributed by atoms with Gasteiger partial charge in [-0.05, 0) is 30.2 Å². The van der Waals surface area contributed by atoms with Gasteiger partial charge in [0.05, 0.1) is 19.7 Å². The lowest BCUT2D eigenvalue weighted by Gasteiger charge is -2.20. The fourth-order valence-electron chi connectivity index (χ4n) is 2.93. The van der Waals surface area contributed by atoms with Crippen LogP contribution in [-0.4, -0.2) is 19.6 Å². The molecular weight excluding hydrogens is 336 g/mol. The van der Waals surface area contributed by atoms with E-state index in [1.54, 1.807) is 13.2 Å². The maximum Gasteiger partial charge on any atom is 0.238 e. The van der Waals surface area contributed by atoms with Crippen LogP contribution in [0.5, 0.6) is 5.75 Å². The normalized spacial score (nSPS) is 11.6. The van der Waals surface area contributed by atoms with Crippen molar-refractivity contribution in [2.75, 3.05) is 19.0 Å². The third-order valence-electron chi connectivity index (χ3n) is 4.36. The maximum absolute atomic E-state index is 12.4. The molecule has 0 spiro atoms. The van der Waals surface area contributed by atoms with E-state index in [-0.39, 0.29) is 18.5 Å². The summed E-state index contributed by atoms with van der Waals surface area (Å²) in [5.74, 6) is 0.610. The van der Waals surface area contributed by atoms with Crippen LogP contribution >= 0.6 is 0 Å². The number of anilines is 1. The minimum Gasteiger partial charge on any atom is -0.497 e. The Hall–Kier alpha value is -3.11. The van der Waals surface area contributed by atoms with Gasteiger partial charge in [-0.15, -0.1) is 0 Å². The summed E-state index contributed by atoms with van der Waals surface area (Å²) < 4.78 is 5.19. The molecule has 27 heavy (non-hydrogen) atoms. The number of carbonyl (C=O) groups excluding carboxylic acids is 1. The average molecular weight is 360 g/mol. The first kappa shape index (κ1) is 18.7. The lowest BCUT2D eigenvalue weighted by atomic mass is 9.98. The molecule has 0 heterocycles. The molecule has 1 amide bonds. The largest absolute Gasteiger partial charge is 0.497 e. The molecule has 0 unspecified atom stereocenters. The Morgan fingerprint density at radius 1 is 0.926 bits per heavy atom. The van der Waals surface area contributed by atoms with Crippen LogP contribution in [0.4, 0.5) is 5.69 Å². The standard InChI is InChI=1S/C23H24N2O2/c1-17-11-13-19(14-12-17)23(18-7-4-3-5-8-18)24-16-22(26)25-20-9-6-10-21(15-20)27-2/h3-15,23-24H,16H2,1-2H3,(H,25,26)/t23-/m0/s1. The van der Waals surface area contributed by atoms with Gasteiger partial charge < -0.3 is 10.1 Å². The van der Waals surface area contributed by atoms with Crippen LogP contribution in [0.1, 0.15) is 22.7 Å². The van der Waals surface area contributed by atoms with E-state index < -0.39 is 0 Å². The number of hydrogen-bond donors (Lipinski definition) is 2. The van der Waals surface area contributed by atoms with E-state index in [4.69, 9.17) is 4.74 Å². The monoisotopic (exact) mass is 360 g/mol. The Bertz CT molecular complexity index is 876. The van der Waals surface area contributed by atoms with Crippen LogP contribution in [0.15, 0.2) is 78.9 Å². The quantitative estimate of drug-likeness (QED) is 0.660. The summed E-state index contributed by atoms with van der Waals surface area (Å²) in [7, 11) is 1.61. The molecule has 2 N–H and O–H groups in total. The van der Waals surface area contributed by atoms with Gasteiger partial charge in [-0.2, -0.15) is 0 Å². The molecular formula is C23H24N2O2. The van der Waals surface area contributed by atoms with E-state index in [1.807, 2.05) is 36.4 Å². The van der Waals surface area contributed by atoms with E-state index in [9.17, 15) is 4.79 Å². The summed E-state index contributed by atoms with van der Waals surface area (Å²) in [6.07, 6.45) is 0. The molecule has 0 aliphatic rings. The molecule has 0 radical (unpaired) electrons. The highest BCUT2D eigenvalue weighted by molar-refractivity contribution is 5.92. The second-order valence-electron chi connectivity index (χ2n) is 6.42. The van der Waals surface area contributed by atoms with Crippen LogP contribution in [0.3, 0.4) is 0 Å². The zero-order chi connectivity index (χ0) is 19.1. The van der Waals surface area contributed by atoms with Crippen LogP contribution < -0.4 is 15.4 Å². The predicted octanol–water partition coefficient (Wildman–Crippen LogP) is 4.32. The number of rotatable bonds is 7. The molecule has 4 heteroatoms. The molecule has 1 atom stereocenters. The molecule has 4 nitrogen and oxygen atoms in total. The second kappa shape index (κ2) is 9.01. The first-order chi connectivity index (χ1) is 13.2. The molecule has 0 saturated carbocycles. The van der Waals surface area contributed by atoms with E-state index in [0.29, 0.717) is 11.4 Å². The van der Waals surface area contributed by atoms with Gasteiger partial charge in [-0.3, -0.25) is 10.1 Å². The van der Waals surface area contributed by atoms with Crippen molar-refractivity contribution in [3.63, 3.8) is 0 Å². The van der Waals surface area contributed by atoms with Gasteiger partial charge in [0.1, 0.15) is 5.75 Å². The van der Waals surface area contributed by atoms with Crippen molar-refractivity contribution in [1.82, 2.24) is 5.32 Å². The fourth-order valence-corrected chi connectivity index (χ4v) is 2.93. The van der Waals surface area contributed by atoms with E-state index in [1.165, 1.54) is 5.56 Å². The fraction of sp³-hybridized carbons (Fsp3) is 0.174. The predicted molar refractivity (Wildman–Crippen MR) is 109 cm³/mol. The first-order valence-electron chi connectivity index (χ1n) is 8.94. The van der Waals surface area contributed by atoms with Gasteiger partial charge in [0.15, 0.2) is 0 Å². The summed E-state index contributed by atoms with van der Waals surface area (Å²) in [5, 5.41) is 6.28. The molecule has 3 aromatic carbocycles. The van der Waals surface area contributed by atoms with Crippen molar-refractivity contribution in [2.24, 2.45) is 0 Å². The molecule has 0 aliphatic heterocycles. The Labute approximate surface area is 160 Å². The zero-order valence-electron chi connectivity index (χ0n) is 15.6. The van der Waals surface area contributed by atoms with Gasteiger partial charge in [0.25, 0.3) is 0 Å². The smallest absolute Gasteiger partial charge is 0.238 e. The number of aryl methyl sites for hydroxylation is 1. The minimum atomic E-state index is -0.101. The second-order valence-corrected chi connectivity index (χ2v) is 6.42. The Balaban J connectivity index is 1.70. The summed E-state index contributed by atoms with van der Waals surface area (Å²) in [6, 6.07) is 25.8. The molecule has 0 aromatic heterocycles. The number of carbonyl (C=O) groups is 1. The number of benzene rings is 3. The number of ether oxygens (including phenoxy) is 1. The highest BCUT2D eigenvalue weighted by Gasteiger charge is 2.15. The first-order valence-corrected chi connectivity index (χ1v) is 8.94. The highest BCUT2D eigenvalue weighted by Crippen LogP contribution is 2.22. The Morgan fingerprint density at radius 2 is 1.63 bits per heavy atom. The Kier molecular flexibility index (Phi) is 6.23. The van der Waals surface area contributed by atoms with E-state index >= 15 is 0 Å². The van der Waals surface area contributed by atoms with Crippen LogP contribution in [0.25, 0.3) is 0 Å². The lowest BCUT2D eigenvalue weighted by molar-refractivity contribution is -0.115. The van der Waals surface area contributed by atoms with Crippen LogP contribution in [0.2, 0.25) is 0 Å². The van der Waals surface area contributed by atoms with Gasteiger partial charge in [0, 0.05) is 11.8 Å². The summed E-state index contributed by atoms with van der Waals surface area (Å²) >= 11 is 0. The summed E-state index contributed by atoms with van der Waals surface area (Å²) in [6.45, 7) is 2.26. The molecule has 3 aromatic rings. The van der Waals surface area contributed by atoms with Crippen molar-refractivity contribution in [1.29, 1.82) is 0 Å². The van der Waals surface area contributed by atoms with Crippen molar-refractivity contribution >= 4 is 11.6 Å². The average Bonchev–Trinajstić information content (AvgIpc) is 2.70. The van der Waals surface area contributed by atoms with E-state index in [2.05, 4.69) is 54.0 Å². The van der Waals surface area contributed by atoms with Gasteiger partial charge in [-0.1, -0.05) is 66.2 Å². The maximum atomic E-state index is 12.4. The minimum absolute atomic E-state index is 0.0529. The third kappa shape index (κ3) is 5.19. The van der Waals surface area contributed by atoms with Gasteiger partial charge >= 0.3 is 0 Å².